The highest BCUT2D eigenvalue weighted by Crippen LogP contribution is 2.24. The molecule has 3 amide bonds. The molecule has 2 atom stereocenters. The van der Waals surface area contributed by atoms with Gasteiger partial charge in [-0.1, -0.05) is 0 Å². The third kappa shape index (κ3) is 3.52. The molecule has 0 saturated carbocycles. The molecule has 23 heavy (non-hydrogen) atoms. The van der Waals surface area contributed by atoms with E-state index in [1.807, 2.05) is 4.90 Å². The van der Waals surface area contributed by atoms with Gasteiger partial charge in [0.15, 0.2) is 11.6 Å². The highest BCUT2D eigenvalue weighted by Gasteiger charge is 2.28. The average Bonchev–Trinajstić information content (AvgIpc) is 3.17. The van der Waals surface area contributed by atoms with Crippen molar-refractivity contribution < 1.29 is 18.4 Å². The number of nitrogens with one attached hydrogen (secondary N) is 3. The molecule has 2 fully saturated rings. The van der Waals surface area contributed by atoms with Crippen molar-refractivity contribution in [3.63, 3.8) is 0 Å². The quantitative estimate of drug-likeness (QED) is 0.759. The Hall–Kier alpha value is -2.38. The van der Waals surface area contributed by atoms with Gasteiger partial charge in [-0.2, -0.15) is 0 Å². The fourth-order valence-corrected chi connectivity index (χ4v) is 2.90. The Morgan fingerprint density at radius 2 is 2.17 bits per heavy atom. The lowest BCUT2D eigenvalue weighted by molar-refractivity contribution is -0.122. The van der Waals surface area contributed by atoms with Crippen molar-refractivity contribution in [3.05, 3.63) is 29.8 Å². The van der Waals surface area contributed by atoms with Crippen molar-refractivity contribution in [2.75, 3.05) is 31.1 Å². The van der Waals surface area contributed by atoms with Gasteiger partial charge in [0.25, 0.3) is 0 Å². The summed E-state index contributed by atoms with van der Waals surface area (Å²) in [4.78, 5) is 24.9. The lowest BCUT2D eigenvalue weighted by Gasteiger charge is -2.19. The Morgan fingerprint density at radius 1 is 1.35 bits per heavy atom. The molecular weight excluding hydrogens is 306 g/mol. The number of halogens is 2. The van der Waals surface area contributed by atoms with Gasteiger partial charge >= 0.3 is 6.03 Å². The Kier molecular flexibility index (Phi) is 4.31. The molecule has 0 spiro atoms. The molecule has 0 radical (unpaired) electrons. The summed E-state index contributed by atoms with van der Waals surface area (Å²) in [7, 11) is 0. The van der Waals surface area contributed by atoms with Gasteiger partial charge < -0.3 is 20.9 Å². The maximum atomic E-state index is 13.3. The predicted octanol–water partition coefficient (Wildman–Crippen LogP) is 0.589. The van der Waals surface area contributed by atoms with E-state index in [1.54, 1.807) is 6.07 Å². The smallest absolute Gasteiger partial charge is 0.315 e. The summed E-state index contributed by atoms with van der Waals surface area (Å²) in [5, 5.41) is 7.88. The van der Waals surface area contributed by atoms with Crippen molar-refractivity contribution in [1.29, 1.82) is 0 Å². The topological polar surface area (TPSA) is 73.5 Å². The van der Waals surface area contributed by atoms with Crippen LogP contribution in [0.5, 0.6) is 0 Å². The second kappa shape index (κ2) is 6.39. The summed E-state index contributed by atoms with van der Waals surface area (Å²) < 4.78 is 26.3. The molecule has 2 saturated heterocycles. The number of carbonyl (C=O) groups excluding carboxylic acids is 2. The van der Waals surface area contributed by atoms with Gasteiger partial charge in [0.2, 0.25) is 5.91 Å². The second-order valence-electron chi connectivity index (χ2n) is 5.85. The van der Waals surface area contributed by atoms with E-state index in [1.165, 1.54) is 6.07 Å². The van der Waals surface area contributed by atoms with Crippen LogP contribution in [-0.4, -0.2) is 44.2 Å². The number of hydrogen-bond donors (Lipinski definition) is 3. The van der Waals surface area contributed by atoms with Gasteiger partial charge in [-0.25, -0.2) is 13.6 Å². The zero-order chi connectivity index (χ0) is 16.4. The molecule has 0 bridgehead atoms. The Morgan fingerprint density at radius 3 is 2.87 bits per heavy atom. The Labute approximate surface area is 132 Å². The van der Waals surface area contributed by atoms with Gasteiger partial charge in [0.1, 0.15) is 6.04 Å². The average molecular weight is 324 g/mol. The van der Waals surface area contributed by atoms with Gasteiger partial charge in [-0.15, -0.1) is 0 Å². The molecule has 2 aliphatic rings. The number of amides is 3. The first-order valence-electron chi connectivity index (χ1n) is 7.55. The number of rotatable bonds is 4. The zero-order valence-electron chi connectivity index (χ0n) is 12.4. The van der Waals surface area contributed by atoms with Crippen LogP contribution in [0.4, 0.5) is 19.3 Å². The van der Waals surface area contributed by atoms with E-state index < -0.39 is 17.7 Å². The monoisotopic (exact) mass is 324 g/mol. The molecule has 1 aromatic carbocycles. The van der Waals surface area contributed by atoms with Crippen molar-refractivity contribution in [2.45, 2.75) is 12.5 Å². The molecule has 0 unspecified atom stereocenters. The standard InChI is InChI=1S/C15H18F2N4O2/c16-11-2-1-10(5-12(11)17)21-4-3-9(8-21)6-18-14(22)13-7-19-15(23)20-13/h1-2,5,9,13H,3-4,6-8H2,(H,18,22)(H2,19,20,23)/t9-,13-/m0/s1. The number of anilines is 1. The SMILES string of the molecule is O=C1NC[C@@H](C(=O)NC[C@@H]2CCN(c3ccc(F)c(F)c3)C2)N1. The third-order valence-corrected chi connectivity index (χ3v) is 4.21. The molecule has 3 rings (SSSR count). The van der Waals surface area contributed by atoms with Crippen LogP contribution in [0.15, 0.2) is 18.2 Å². The largest absolute Gasteiger partial charge is 0.371 e. The van der Waals surface area contributed by atoms with E-state index >= 15 is 0 Å². The Balaban J connectivity index is 1.49. The van der Waals surface area contributed by atoms with Gasteiger partial charge in [0, 0.05) is 37.9 Å². The molecule has 3 N–H and O–H groups in total. The molecule has 0 aromatic heterocycles. The summed E-state index contributed by atoms with van der Waals surface area (Å²) in [6.45, 7) is 2.18. The maximum Gasteiger partial charge on any atom is 0.315 e. The third-order valence-electron chi connectivity index (χ3n) is 4.21. The number of hydrogen-bond acceptors (Lipinski definition) is 3. The lowest BCUT2D eigenvalue weighted by atomic mass is 10.1. The van der Waals surface area contributed by atoms with Crippen molar-refractivity contribution >= 4 is 17.6 Å². The zero-order valence-corrected chi connectivity index (χ0v) is 12.4. The Bertz CT molecular complexity index is 625. The molecule has 8 heteroatoms. The van der Waals surface area contributed by atoms with Crippen molar-refractivity contribution in [1.82, 2.24) is 16.0 Å². The molecular formula is C15H18F2N4O2. The second-order valence-corrected chi connectivity index (χ2v) is 5.85. The van der Waals surface area contributed by atoms with Crippen LogP contribution >= 0.6 is 0 Å². The first kappa shape index (κ1) is 15.5. The van der Waals surface area contributed by atoms with E-state index in [0.717, 1.165) is 19.0 Å². The number of benzene rings is 1. The fraction of sp³-hybridized carbons (Fsp3) is 0.467. The van der Waals surface area contributed by atoms with Gasteiger partial charge in [-0.3, -0.25) is 4.79 Å². The van der Waals surface area contributed by atoms with Crippen LogP contribution in [0.3, 0.4) is 0 Å². The molecule has 6 nitrogen and oxygen atoms in total. The first-order chi connectivity index (χ1) is 11.0. The van der Waals surface area contributed by atoms with E-state index in [0.29, 0.717) is 18.8 Å². The molecule has 0 aliphatic carbocycles. The maximum absolute atomic E-state index is 13.3. The molecule has 1 aromatic rings. The van der Waals surface area contributed by atoms with E-state index in [2.05, 4.69) is 16.0 Å². The minimum atomic E-state index is -0.858. The van der Waals surface area contributed by atoms with Crippen LogP contribution < -0.4 is 20.9 Å². The van der Waals surface area contributed by atoms with Crippen LogP contribution in [-0.2, 0) is 4.79 Å². The van der Waals surface area contributed by atoms with Gasteiger partial charge in [0.05, 0.1) is 0 Å². The van der Waals surface area contributed by atoms with Crippen LogP contribution in [0.2, 0.25) is 0 Å². The predicted molar refractivity (Wildman–Crippen MR) is 80.0 cm³/mol. The summed E-state index contributed by atoms with van der Waals surface area (Å²) in [6.07, 6.45) is 0.856. The van der Waals surface area contributed by atoms with E-state index in [4.69, 9.17) is 0 Å². The molecule has 2 heterocycles. The molecule has 2 aliphatic heterocycles. The summed E-state index contributed by atoms with van der Waals surface area (Å²) in [5.41, 5.74) is 0.644. The van der Waals surface area contributed by atoms with Gasteiger partial charge in [-0.05, 0) is 24.5 Å². The van der Waals surface area contributed by atoms with Crippen LogP contribution in [0, 0.1) is 17.6 Å². The lowest BCUT2D eigenvalue weighted by Crippen LogP contribution is -2.44. The summed E-state index contributed by atoms with van der Waals surface area (Å²) >= 11 is 0. The normalized spacial score (nSPS) is 23.6. The number of nitrogens with zero attached hydrogens (tertiary/aromatic N) is 1. The van der Waals surface area contributed by atoms with E-state index in [9.17, 15) is 18.4 Å². The number of urea groups is 1. The summed E-state index contributed by atoms with van der Waals surface area (Å²) in [6, 6.07) is 2.99. The number of carbonyl (C=O) groups is 2. The minimum Gasteiger partial charge on any atom is -0.371 e. The highest BCUT2D eigenvalue weighted by molar-refractivity contribution is 5.90. The minimum absolute atomic E-state index is 0.213. The first-order valence-corrected chi connectivity index (χ1v) is 7.55. The fourth-order valence-electron chi connectivity index (χ4n) is 2.90. The summed E-state index contributed by atoms with van der Waals surface area (Å²) in [5.74, 6) is -1.69. The molecule has 124 valence electrons. The van der Waals surface area contributed by atoms with E-state index in [-0.39, 0.29) is 24.4 Å². The van der Waals surface area contributed by atoms with Crippen LogP contribution in [0.1, 0.15) is 6.42 Å². The van der Waals surface area contributed by atoms with Crippen LogP contribution in [0.25, 0.3) is 0 Å². The van der Waals surface area contributed by atoms with Crippen molar-refractivity contribution in [2.24, 2.45) is 5.92 Å². The van der Waals surface area contributed by atoms with Crippen molar-refractivity contribution in [3.8, 4) is 0 Å². The highest BCUT2D eigenvalue weighted by atomic mass is 19.2.